The molecule has 1 atom stereocenters. The van der Waals surface area contributed by atoms with E-state index in [0.29, 0.717) is 18.9 Å². The molecule has 1 aromatic heterocycles. The zero-order valence-electron chi connectivity index (χ0n) is 15.9. The fourth-order valence-electron chi connectivity index (χ4n) is 3.84. The summed E-state index contributed by atoms with van der Waals surface area (Å²) in [6.45, 7) is 5.56. The second kappa shape index (κ2) is 8.37. The Morgan fingerprint density at radius 1 is 1.31 bits per heavy atom. The Hall–Kier alpha value is -1.63. The molecule has 7 heteroatoms. The van der Waals surface area contributed by atoms with Gasteiger partial charge in [0, 0.05) is 30.9 Å². The van der Waals surface area contributed by atoms with E-state index in [-0.39, 0.29) is 17.5 Å². The van der Waals surface area contributed by atoms with Gasteiger partial charge in [0.25, 0.3) is 0 Å². The Kier molecular flexibility index (Phi) is 6.16. The van der Waals surface area contributed by atoms with Crippen LogP contribution in [0.15, 0.2) is 17.7 Å². The van der Waals surface area contributed by atoms with Gasteiger partial charge in [0.15, 0.2) is 9.84 Å². The summed E-state index contributed by atoms with van der Waals surface area (Å²) in [6.07, 6.45) is 9.13. The lowest BCUT2D eigenvalue weighted by Crippen LogP contribution is -2.37. The van der Waals surface area contributed by atoms with Gasteiger partial charge in [0.05, 0.1) is 11.5 Å². The van der Waals surface area contributed by atoms with Crippen molar-refractivity contribution in [3.63, 3.8) is 0 Å². The second-order valence-electron chi connectivity index (χ2n) is 7.32. The lowest BCUT2D eigenvalue weighted by molar-refractivity contribution is 0.599. The second-order valence-corrected chi connectivity index (χ2v) is 9.55. The highest BCUT2D eigenvalue weighted by Gasteiger charge is 2.33. The maximum atomic E-state index is 11.8. The maximum absolute atomic E-state index is 11.8. The van der Waals surface area contributed by atoms with Crippen LogP contribution in [0.2, 0.25) is 0 Å². The van der Waals surface area contributed by atoms with Crippen molar-refractivity contribution in [2.75, 3.05) is 34.8 Å². The number of anilines is 2. The van der Waals surface area contributed by atoms with E-state index < -0.39 is 9.84 Å². The van der Waals surface area contributed by atoms with Crippen LogP contribution in [0.1, 0.15) is 51.1 Å². The number of rotatable bonds is 7. The summed E-state index contributed by atoms with van der Waals surface area (Å²) < 4.78 is 23.7. The predicted molar refractivity (Wildman–Crippen MR) is 107 cm³/mol. The van der Waals surface area contributed by atoms with Crippen molar-refractivity contribution in [3.8, 4) is 0 Å². The molecule has 1 unspecified atom stereocenters. The van der Waals surface area contributed by atoms with Gasteiger partial charge in [-0.05, 0) is 52.4 Å². The zero-order valence-corrected chi connectivity index (χ0v) is 16.7. The highest BCUT2D eigenvalue weighted by atomic mass is 32.2. The summed E-state index contributed by atoms with van der Waals surface area (Å²) in [5.74, 6) is 1.92. The maximum Gasteiger partial charge on any atom is 0.227 e. The van der Waals surface area contributed by atoms with Gasteiger partial charge in [0.1, 0.15) is 5.82 Å². The predicted octanol–water partition coefficient (Wildman–Crippen LogP) is 3.10. The van der Waals surface area contributed by atoms with Crippen LogP contribution in [0.5, 0.6) is 0 Å². The summed E-state index contributed by atoms with van der Waals surface area (Å²) in [5, 5.41) is 3.42. The molecule has 1 aromatic rings. The normalized spacial score (nSPS) is 22.1. The van der Waals surface area contributed by atoms with E-state index in [2.05, 4.69) is 21.4 Å². The molecular formula is C19H30N4O2S. The number of aryl methyl sites for hydroxylation is 1. The number of aromatic nitrogens is 2. The summed E-state index contributed by atoms with van der Waals surface area (Å²) >= 11 is 0. The third kappa shape index (κ3) is 4.96. The van der Waals surface area contributed by atoms with Crippen LogP contribution in [0.25, 0.3) is 0 Å². The molecule has 0 aromatic carbocycles. The Morgan fingerprint density at radius 2 is 2.15 bits per heavy atom. The third-order valence-electron chi connectivity index (χ3n) is 5.23. The van der Waals surface area contributed by atoms with E-state index in [1.807, 2.05) is 24.8 Å². The lowest BCUT2D eigenvalue weighted by atomic mass is 9.97. The fraction of sp³-hybridized carbons (Fsp3) is 0.684. The van der Waals surface area contributed by atoms with Gasteiger partial charge in [-0.3, -0.25) is 0 Å². The molecule has 6 nitrogen and oxygen atoms in total. The van der Waals surface area contributed by atoms with Crippen LogP contribution in [-0.2, 0) is 9.84 Å². The SMILES string of the molecule is CCN(c1nc(C)cc(NCCC2=CCCCC2)n1)C1CCS(=O)(=O)C1. The Bertz CT molecular complexity index is 761. The Labute approximate surface area is 157 Å². The Balaban J connectivity index is 1.67. The van der Waals surface area contributed by atoms with Gasteiger partial charge in [0.2, 0.25) is 5.95 Å². The van der Waals surface area contributed by atoms with Gasteiger partial charge in [-0.25, -0.2) is 13.4 Å². The van der Waals surface area contributed by atoms with E-state index in [0.717, 1.165) is 24.5 Å². The van der Waals surface area contributed by atoms with E-state index >= 15 is 0 Å². The van der Waals surface area contributed by atoms with Crippen molar-refractivity contribution in [2.45, 2.75) is 58.4 Å². The van der Waals surface area contributed by atoms with Crippen molar-refractivity contribution in [1.29, 1.82) is 0 Å². The minimum absolute atomic E-state index is 0.0213. The number of hydrogen-bond acceptors (Lipinski definition) is 6. The van der Waals surface area contributed by atoms with Gasteiger partial charge in [-0.2, -0.15) is 4.98 Å². The van der Waals surface area contributed by atoms with Gasteiger partial charge < -0.3 is 10.2 Å². The van der Waals surface area contributed by atoms with Crippen LogP contribution in [0, 0.1) is 6.92 Å². The van der Waals surface area contributed by atoms with E-state index in [4.69, 9.17) is 0 Å². The molecule has 2 aliphatic rings. The average molecular weight is 379 g/mol. The number of allylic oxidation sites excluding steroid dienone is 1. The fourth-order valence-corrected chi connectivity index (χ4v) is 5.57. The minimum Gasteiger partial charge on any atom is -0.370 e. The number of sulfone groups is 1. The quantitative estimate of drug-likeness (QED) is 0.735. The first-order valence-electron chi connectivity index (χ1n) is 9.71. The molecule has 0 saturated carbocycles. The number of nitrogens with zero attached hydrogens (tertiary/aromatic N) is 3. The standard InChI is InChI=1S/C19H30N4O2S/c1-3-23(17-10-12-26(24,25)14-17)19-21-15(2)13-18(22-19)20-11-9-16-7-5-4-6-8-16/h7,13,17H,3-6,8-12,14H2,1-2H3,(H,20,21,22). The number of hydrogen-bond donors (Lipinski definition) is 1. The summed E-state index contributed by atoms with van der Waals surface area (Å²) in [7, 11) is -2.92. The van der Waals surface area contributed by atoms with Crippen LogP contribution < -0.4 is 10.2 Å². The summed E-state index contributed by atoms with van der Waals surface area (Å²) in [6, 6.07) is 1.94. The first kappa shape index (κ1) is 19.1. The minimum atomic E-state index is -2.92. The topological polar surface area (TPSA) is 75.2 Å². The van der Waals surface area contributed by atoms with E-state index in [9.17, 15) is 8.42 Å². The Morgan fingerprint density at radius 3 is 2.81 bits per heavy atom. The number of nitrogens with one attached hydrogen (secondary N) is 1. The largest absolute Gasteiger partial charge is 0.370 e. The third-order valence-corrected chi connectivity index (χ3v) is 6.98. The van der Waals surface area contributed by atoms with Crippen LogP contribution >= 0.6 is 0 Å². The van der Waals surface area contributed by atoms with E-state index in [1.165, 1.54) is 25.7 Å². The molecule has 2 heterocycles. The average Bonchev–Trinajstić information content (AvgIpc) is 2.96. The first-order chi connectivity index (χ1) is 12.5. The summed E-state index contributed by atoms with van der Waals surface area (Å²) in [5.41, 5.74) is 2.44. The molecule has 1 aliphatic heterocycles. The highest BCUT2D eigenvalue weighted by molar-refractivity contribution is 7.91. The molecule has 0 bridgehead atoms. The molecular weight excluding hydrogens is 348 g/mol. The molecule has 1 aliphatic carbocycles. The molecule has 1 saturated heterocycles. The van der Waals surface area contributed by atoms with Crippen molar-refractivity contribution >= 4 is 21.6 Å². The van der Waals surface area contributed by atoms with Crippen molar-refractivity contribution in [1.82, 2.24) is 9.97 Å². The molecule has 0 radical (unpaired) electrons. The molecule has 1 fully saturated rings. The van der Waals surface area contributed by atoms with Crippen LogP contribution in [-0.4, -0.2) is 49.0 Å². The molecule has 0 amide bonds. The van der Waals surface area contributed by atoms with Gasteiger partial charge in [-0.1, -0.05) is 11.6 Å². The summed E-state index contributed by atoms with van der Waals surface area (Å²) in [4.78, 5) is 11.3. The van der Waals surface area contributed by atoms with Crippen molar-refractivity contribution in [3.05, 3.63) is 23.4 Å². The molecule has 144 valence electrons. The first-order valence-corrected chi connectivity index (χ1v) is 11.5. The molecule has 3 rings (SSSR count). The van der Waals surface area contributed by atoms with Crippen molar-refractivity contribution in [2.24, 2.45) is 0 Å². The van der Waals surface area contributed by atoms with Gasteiger partial charge >= 0.3 is 0 Å². The van der Waals surface area contributed by atoms with Crippen LogP contribution in [0.4, 0.5) is 11.8 Å². The van der Waals surface area contributed by atoms with E-state index in [1.54, 1.807) is 5.57 Å². The monoisotopic (exact) mass is 378 g/mol. The zero-order chi connectivity index (χ0) is 18.6. The van der Waals surface area contributed by atoms with Gasteiger partial charge in [-0.15, -0.1) is 0 Å². The molecule has 26 heavy (non-hydrogen) atoms. The van der Waals surface area contributed by atoms with Crippen LogP contribution in [0.3, 0.4) is 0 Å². The molecule has 1 N–H and O–H groups in total. The van der Waals surface area contributed by atoms with Crippen molar-refractivity contribution < 1.29 is 8.42 Å². The molecule has 0 spiro atoms. The lowest BCUT2D eigenvalue weighted by Gasteiger charge is -2.27. The highest BCUT2D eigenvalue weighted by Crippen LogP contribution is 2.24. The smallest absolute Gasteiger partial charge is 0.227 e.